The molecule has 0 bridgehead atoms. The van der Waals surface area contributed by atoms with Crippen molar-refractivity contribution in [1.29, 1.82) is 0 Å². The van der Waals surface area contributed by atoms with Gasteiger partial charge in [-0.3, -0.25) is 4.79 Å². The van der Waals surface area contributed by atoms with Gasteiger partial charge in [0.05, 0.1) is 18.5 Å². The lowest BCUT2D eigenvalue weighted by atomic mass is 9.84. The van der Waals surface area contributed by atoms with Crippen molar-refractivity contribution in [2.45, 2.75) is 58.4 Å². The van der Waals surface area contributed by atoms with E-state index in [1.54, 1.807) is 28.8 Å². The fraction of sp³-hybridized carbons (Fsp3) is 0.654. The van der Waals surface area contributed by atoms with Crippen LogP contribution in [0.2, 0.25) is 0 Å². The summed E-state index contributed by atoms with van der Waals surface area (Å²) in [5, 5.41) is 4.07. The van der Waals surface area contributed by atoms with Gasteiger partial charge in [-0.25, -0.2) is 4.39 Å². The van der Waals surface area contributed by atoms with Crippen molar-refractivity contribution in [2.24, 2.45) is 17.6 Å². The Balaban J connectivity index is 1.19. The third-order valence-electron chi connectivity index (χ3n) is 7.25. The molecule has 0 radical (unpaired) electrons. The van der Waals surface area contributed by atoms with Crippen LogP contribution in [0.25, 0.3) is 0 Å². The Labute approximate surface area is 217 Å². The van der Waals surface area contributed by atoms with Gasteiger partial charge in [0.15, 0.2) is 5.82 Å². The van der Waals surface area contributed by atoms with E-state index in [-0.39, 0.29) is 24.1 Å². The Bertz CT molecular complexity index is 1010. The second-order valence-electron chi connectivity index (χ2n) is 10.2. The highest BCUT2D eigenvalue weighted by molar-refractivity contribution is 7.99. The summed E-state index contributed by atoms with van der Waals surface area (Å²) in [5.74, 6) is 3.71. The fourth-order valence-corrected chi connectivity index (χ4v) is 5.73. The average Bonchev–Trinajstić information content (AvgIpc) is 3.58. The van der Waals surface area contributed by atoms with Crippen molar-refractivity contribution in [3.63, 3.8) is 0 Å². The summed E-state index contributed by atoms with van der Waals surface area (Å²) in [5.41, 5.74) is 6.50. The number of anilines is 1. The van der Waals surface area contributed by atoms with Crippen LogP contribution in [0.5, 0.6) is 5.75 Å². The van der Waals surface area contributed by atoms with E-state index in [1.807, 2.05) is 0 Å². The van der Waals surface area contributed by atoms with Crippen molar-refractivity contribution >= 4 is 23.7 Å². The van der Waals surface area contributed by atoms with Gasteiger partial charge in [-0.05, 0) is 49.1 Å². The smallest absolute Gasteiger partial charge is 0.324 e. The van der Waals surface area contributed by atoms with Gasteiger partial charge in [-0.1, -0.05) is 32.0 Å². The number of aromatic nitrogens is 2. The lowest BCUT2D eigenvalue weighted by Gasteiger charge is -2.33. The Morgan fingerprint density at radius 2 is 2.06 bits per heavy atom. The zero-order chi connectivity index (χ0) is 25.7. The number of thioether (sulfide) groups is 1. The molecule has 2 aliphatic heterocycles. The summed E-state index contributed by atoms with van der Waals surface area (Å²) in [6.07, 6.45) is 3.22. The summed E-state index contributed by atoms with van der Waals surface area (Å²) < 4.78 is 26.0. The molecule has 0 saturated carbocycles. The van der Waals surface area contributed by atoms with E-state index in [0.717, 1.165) is 43.9 Å². The molecular weight excluding hydrogens is 481 g/mol. The lowest BCUT2D eigenvalue weighted by Crippen LogP contribution is -2.43. The van der Waals surface area contributed by atoms with Crippen molar-refractivity contribution in [1.82, 2.24) is 15.0 Å². The second-order valence-corrected chi connectivity index (χ2v) is 11.3. The molecule has 2 fully saturated rings. The molecule has 2 saturated heterocycles. The second kappa shape index (κ2) is 12.3. The molecule has 4 rings (SSSR count). The van der Waals surface area contributed by atoms with Crippen LogP contribution in [0, 0.1) is 17.7 Å². The minimum Gasteiger partial charge on any atom is -0.493 e. The first-order chi connectivity index (χ1) is 17.3. The van der Waals surface area contributed by atoms with Crippen LogP contribution in [0.3, 0.4) is 0 Å². The molecule has 0 spiro atoms. The molecule has 2 aromatic rings. The fourth-order valence-electron chi connectivity index (χ4n) is 4.78. The quantitative estimate of drug-likeness (QED) is 0.502. The SMILES string of the molecule is CC(C)c1noc(N2CCC(C(C)CCOc3ccc(C[C@H](N)C(=O)N4CCSC4)c(F)c3)CC2)n1. The first kappa shape index (κ1) is 26.7. The molecule has 1 unspecified atom stereocenters. The molecule has 10 heteroatoms. The van der Waals surface area contributed by atoms with Gasteiger partial charge >= 0.3 is 6.01 Å². The van der Waals surface area contributed by atoms with Gasteiger partial charge in [-0.2, -0.15) is 4.98 Å². The van der Waals surface area contributed by atoms with Crippen LogP contribution >= 0.6 is 11.8 Å². The Morgan fingerprint density at radius 1 is 1.28 bits per heavy atom. The van der Waals surface area contributed by atoms with Crippen LogP contribution in [0.4, 0.5) is 10.4 Å². The standard InChI is InChI=1S/C26H38FN5O3S/c1-17(2)24-29-26(35-30-24)31-9-6-19(7-10-31)18(3)8-12-34-21-5-4-20(22(27)15-21)14-23(28)25(33)32-11-13-36-16-32/h4-5,15,17-19,23H,6-14,16,28H2,1-3H3/t18?,23-/m0/s1. The van der Waals surface area contributed by atoms with Crippen LogP contribution in [-0.4, -0.2) is 64.9 Å². The highest BCUT2D eigenvalue weighted by Crippen LogP contribution is 2.30. The van der Waals surface area contributed by atoms with E-state index in [9.17, 15) is 9.18 Å². The molecular formula is C26H38FN5O3S. The van der Waals surface area contributed by atoms with Crippen LogP contribution in [-0.2, 0) is 11.2 Å². The molecule has 1 amide bonds. The number of hydrogen-bond donors (Lipinski definition) is 1. The van der Waals surface area contributed by atoms with Crippen LogP contribution in [0.15, 0.2) is 22.7 Å². The monoisotopic (exact) mass is 519 g/mol. The summed E-state index contributed by atoms with van der Waals surface area (Å²) in [7, 11) is 0. The van der Waals surface area contributed by atoms with Gasteiger partial charge in [0.1, 0.15) is 11.6 Å². The van der Waals surface area contributed by atoms with Gasteiger partial charge in [-0.15, -0.1) is 11.8 Å². The van der Waals surface area contributed by atoms with Gasteiger partial charge < -0.3 is 24.8 Å². The highest BCUT2D eigenvalue weighted by Gasteiger charge is 2.27. The molecule has 36 heavy (non-hydrogen) atoms. The van der Waals surface area contributed by atoms with E-state index < -0.39 is 6.04 Å². The Hall–Kier alpha value is -2.33. The molecule has 1 aromatic heterocycles. The van der Waals surface area contributed by atoms with E-state index in [4.69, 9.17) is 15.0 Å². The van der Waals surface area contributed by atoms with E-state index in [2.05, 4.69) is 35.8 Å². The normalized spacial score (nSPS) is 18.6. The molecule has 1 aromatic carbocycles. The number of benzene rings is 1. The van der Waals surface area contributed by atoms with Crippen LogP contribution in [0.1, 0.15) is 57.3 Å². The van der Waals surface area contributed by atoms with Crippen LogP contribution < -0.4 is 15.4 Å². The third-order valence-corrected chi connectivity index (χ3v) is 8.22. The molecule has 8 nitrogen and oxygen atoms in total. The first-order valence-corrected chi connectivity index (χ1v) is 14.1. The molecule has 2 aliphatic rings. The Kier molecular flexibility index (Phi) is 9.11. The maximum absolute atomic E-state index is 14.7. The van der Waals surface area contributed by atoms with Crippen molar-refractivity contribution in [3.05, 3.63) is 35.4 Å². The summed E-state index contributed by atoms with van der Waals surface area (Å²) in [4.78, 5) is 20.8. The zero-order valence-electron chi connectivity index (χ0n) is 21.5. The predicted octanol–water partition coefficient (Wildman–Crippen LogP) is 4.06. The first-order valence-electron chi connectivity index (χ1n) is 12.9. The van der Waals surface area contributed by atoms with Crippen molar-refractivity contribution in [3.8, 4) is 5.75 Å². The summed E-state index contributed by atoms with van der Waals surface area (Å²) in [6, 6.07) is 4.74. The zero-order valence-corrected chi connectivity index (χ0v) is 22.3. The third kappa shape index (κ3) is 6.70. The number of ether oxygens (including phenoxy) is 1. The number of rotatable bonds is 10. The predicted molar refractivity (Wildman–Crippen MR) is 140 cm³/mol. The van der Waals surface area contributed by atoms with E-state index in [1.165, 1.54) is 6.07 Å². The topological polar surface area (TPSA) is 97.7 Å². The highest BCUT2D eigenvalue weighted by atomic mass is 32.2. The number of hydrogen-bond acceptors (Lipinski definition) is 8. The molecule has 2 atom stereocenters. The number of carbonyl (C=O) groups is 1. The minimum atomic E-state index is -0.727. The molecule has 198 valence electrons. The number of nitrogens with zero attached hydrogens (tertiary/aromatic N) is 4. The number of halogens is 1. The summed E-state index contributed by atoms with van der Waals surface area (Å²) in [6.45, 7) is 9.43. The maximum atomic E-state index is 14.7. The van der Waals surface area contributed by atoms with Crippen molar-refractivity contribution in [2.75, 3.05) is 42.8 Å². The minimum absolute atomic E-state index is 0.114. The number of nitrogens with two attached hydrogens (primary N) is 1. The van der Waals surface area contributed by atoms with E-state index in [0.29, 0.717) is 48.2 Å². The lowest BCUT2D eigenvalue weighted by molar-refractivity contribution is -0.131. The summed E-state index contributed by atoms with van der Waals surface area (Å²) >= 11 is 1.71. The van der Waals surface area contributed by atoms with Crippen molar-refractivity contribution < 1.29 is 18.4 Å². The van der Waals surface area contributed by atoms with Gasteiger partial charge in [0.25, 0.3) is 0 Å². The van der Waals surface area contributed by atoms with E-state index >= 15 is 0 Å². The molecule has 0 aliphatic carbocycles. The average molecular weight is 520 g/mol. The van der Waals surface area contributed by atoms with Gasteiger partial charge in [0, 0.05) is 37.4 Å². The number of amides is 1. The molecule has 3 heterocycles. The Morgan fingerprint density at radius 3 is 2.69 bits per heavy atom. The largest absolute Gasteiger partial charge is 0.493 e. The maximum Gasteiger partial charge on any atom is 0.324 e. The van der Waals surface area contributed by atoms with Gasteiger partial charge in [0.2, 0.25) is 5.91 Å². The molecule has 2 N–H and O–H groups in total. The number of piperidine rings is 1. The number of carbonyl (C=O) groups excluding carboxylic acids is 1.